The minimum atomic E-state index is -4.13. The summed E-state index contributed by atoms with van der Waals surface area (Å²) in [5, 5.41) is 0. The molecule has 0 saturated heterocycles. The molecule has 0 spiro atoms. The fourth-order valence-corrected chi connectivity index (χ4v) is 1.38. The molecule has 1 rings (SSSR count). The first kappa shape index (κ1) is 8.23. The van der Waals surface area contributed by atoms with E-state index < -0.39 is 15.9 Å². The molecule has 0 N–H and O–H groups in total. The summed E-state index contributed by atoms with van der Waals surface area (Å²) in [6, 6.07) is 8.37. The average molecular weight is 171 g/mol. The smallest absolute Gasteiger partial charge is 0.197 e. The SMILES string of the molecule is [O]S(=O)(=O)Cc1ccccc1. The van der Waals surface area contributed by atoms with E-state index in [-0.39, 0.29) is 0 Å². The summed E-state index contributed by atoms with van der Waals surface area (Å²) in [4.78, 5) is 0. The van der Waals surface area contributed by atoms with E-state index in [4.69, 9.17) is 0 Å². The van der Waals surface area contributed by atoms with E-state index in [1.807, 2.05) is 0 Å². The van der Waals surface area contributed by atoms with Crippen LogP contribution >= 0.6 is 0 Å². The van der Waals surface area contributed by atoms with E-state index in [0.717, 1.165) is 0 Å². The van der Waals surface area contributed by atoms with Gasteiger partial charge in [0.05, 0.1) is 0 Å². The molecule has 0 aliphatic rings. The van der Waals surface area contributed by atoms with Crippen LogP contribution in [0.5, 0.6) is 0 Å². The van der Waals surface area contributed by atoms with Crippen molar-refractivity contribution in [1.82, 2.24) is 0 Å². The summed E-state index contributed by atoms with van der Waals surface area (Å²) in [5.74, 6) is -0.423. The molecule has 4 heteroatoms. The molecule has 0 aliphatic heterocycles. The minimum absolute atomic E-state index is 0.423. The maximum absolute atomic E-state index is 10.2. The zero-order valence-electron chi connectivity index (χ0n) is 5.73. The van der Waals surface area contributed by atoms with Gasteiger partial charge < -0.3 is 0 Å². The second kappa shape index (κ2) is 3.02. The summed E-state index contributed by atoms with van der Waals surface area (Å²) in [6.45, 7) is 0. The van der Waals surface area contributed by atoms with Crippen molar-refractivity contribution in [1.29, 1.82) is 0 Å². The fourth-order valence-electron chi connectivity index (χ4n) is 0.778. The van der Waals surface area contributed by atoms with E-state index in [0.29, 0.717) is 5.56 Å². The van der Waals surface area contributed by atoms with Gasteiger partial charge in [-0.1, -0.05) is 34.9 Å². The Morgan fingerprint density at radius 2 is 1.64 bits per heavy atom. The Hall–Kier alpha value is -0.870. The molecule has 0 heterocycles. The van der Waals surface area contributed by atoms with E-state index in [9.17, 15) is 13.0 Å². The minimum Gasteiger partial charge on any atom is -0.197 e. The van der Waals surface area contributed by atoms with Gasteiger partial charge in [0, 0.05) is 0 Å². The highest BCUT2D eigenvalue weighted by Gasteiger charge is 2.06. The van der Waals surface area contributed by atoms with Crippen LogP contribution in [0.25, 0.3) is 0 Å². The topological polar surface area (TPSA) is 54.0 Å². The van der Waals surface area contributed by atoms with Crippen LogP contribution in [0.15, 0.2) is 30.3 Å². The first-order chi connectivity index (χ1) is 5.08. The zero-order chi connectivity index (χ0) is 8.32. The molecule has 0 bridgehead atoms. The number of benzene rings is 1. The first-order valence-corrected chi connectivity index (χ1v) is 4.63. The molecule has 0 unspecified atom stereocenters. The third-order valence-electron chi connectivity index (χ3n) is 1.19. The first-order valence-electron chi connectivity index (χ1n) is 3.05. The van der Waals surface area contributed by atoms with Gasteiger partial charge in [-0.3, -0.25) is 0 Å². The Morgan fingerprint density at radius 1 is 1.09 bits per heavy atom. The maximum Gasteiger partial charge on any atom is 0.298 e. The summed E-state index contributed by atoms with van der Waals surface area (Å²) in [5.41, 5.74) is 0.530. The second-order valence-corrected chi connectivity index (χ2v) is 3.59. The Kier molecular flexibility index (Phi) is 2.26. The third-order valence-corrected chi connectivity index (χ3v) is 1.87. The molecule has 1 aromatic rings. The molecule has 1 radical (unpaired) electrons. The Bertz CT molecular complexity index is 315. The molecule has 0 fully saturated rings. The maximum atomic E-state index is 10.2. The van der Waals surface area contributed by atoms with Crippen LogP contribution in [-0.4, -0.2) is 8.42 Å². The predicted molar refractivity (Wildman–Crippen MR) is 39.8 cm³/mol. The van der Waals surface area contributed by atoms with E-state index in [1.54, 1.807) is 30.3 Å². The molecule has 11 heavy (non-hydrogen) atoms. The highest BCUT2D eigenvalue weighted by molar-refractivity contribution is 7.84. The Labute approximate surface area is 65.4 Å². The normalized spacial score (nSPS) is 11.4. The summed E-state index contributed by atoms with van der Waals surface area (Å²) in [7, 11) is -4.13. The van der Waals surface area contributed by atoms with Gasteiger partial charge in [0.1, 0.15) is 5.75 Å². The zero-order valence-corrected chi connectivity index (χ0v) is 6.54. The van der Waals surface area contributed by atoms with E-state index >= 15 is 0 Å². The van der Waals surface area contributed by atoms with Gasteiger partial charge in [0.2, 0.25) is 0 Å². The number of rotatable bonds is 2. The number of hydrogen-bond acceptors (Lipinski definition) is 2. The third kappa shape index (κ3) is 3.15. The molecule has 0 atom stereocenters. The van der Waals surface area contributed by atoms with Gasteiger partial charge >= 0.3 is 0 Å². The van der Waals surface area contributed by atoms with Crippen LogP contribution in [0.1, 0.15) is 5.56 Å². The quantitative estimate of drug-likeness (QED) is 0.665. The van der Waals surface area contributed by atoms with Gasteiger partial charge in [-0.05, 0) is 5.56 Å². The van der Waals surface area contributed by atoms with Crippen molar-refractivity contribution in [3.8, 4) is 0 Å². The van der Waals surface area contributed by atoms with Crippen molar-refractivity contribution in [3.63, 3.8) is 0 Å². The van der Waals surface area contributed by atoms with E-state index in [1.165, 1.54) is 0 Å². The lowest BCUT2D eigenvalue weighted by Crippen LogP contribution is -1.98. The second-order valence-electron chi connectivity index (χ2n) is 2.19. The van der Waals surface area contributed by atoms with Crippen LogP contribution < -0.4 is 0 Å². The summed E-state index contributed by atoms with van der Waals surface area (Å²) < 4.78 is 30.7. The highest BCUT2D eigenvalue weighted by Crippen LogP contribution is 2.03. The van der Waals surface area contributed by atoms with Crippen LogP contribution in [-0.2, 0) is 20.4 Å². The van der Waals surface area contributed by atoms with Gasteiger partial charge in [-0.25, -0.2) is 0 Å². The number of hydrogen-bond donors (Lipinski definition) is 0. The molecular formula is C7H7O3S. The van der Waals surface area contributed by atoms with Crippen LogP contribution in [0.4, 0.5) is 0 Å². The largest absolute Gasteiger partial charge is 0.298 e. The van der Waals surface area contributed by atoms with E-state index in [2.05, 4.69) is 0 Å². The van der Waals surface area contributed by atoms with Crippen LogP contribution in [0.2, 0.25) is 0 Å². The molecule has 1 aromatic carbocycles. The van der Waals surface area contributed by atoms with Crippen molar-refractivity contribution in [3.05, 3.63) is 35.9 Å². The lowest BCUT2D eigenvalue weighted by atomic mass is 10.2. The molecule has 0 saturated carbocycles. The fraction of sp³-hybridized carbons (Fsp3) is 0.143. The Balaban J connectivity index is 2.82. The summed E-state index contributed by atoms with van der Waals surface area (Å²) >= 11 is 0. The van der Waals surface area contributed by atoms with Crippen molar-refractivity contribution in [2.75, 3.05) is 0 Å². The molecule has 59 valence electrons. The average Bonchev–Trinajstić information content (AvgIpc) is 1.85. The van der Waals surface area contributed by atoms with Crippen LogP contribution in [0.3, 0.4) is 0 Å². The predicted octanol–water partition coefficient (Wildman–Crippen LogP) is 0.947. The lowest BCUT2D eigenvalue weighted by Gasteiger charge is -1.93. The van der Waals surface area contributed by atoms with Crippen molar-refractivity contribution in [2.45, 2.75) is 5.75 Å². The molecule has 0 amide bonds. The summed E-state index contributed by atoms with van der Waals surface area (Å²) in [6.07, 6.45) is 0. The Morgan fingerprint density at radius 3 is 2.09 bits per heavy atom. The molecule has 3 nitrogen and oxygen atoms in total. The van der Waals surface area contributed by atoms with Crippen molar-refractivity contribution in [2.24, 2.45) is 0 Å². The molecule has 0 aromatic heterocycles. The van der Waals surface area contributed by atoms with Gasteiger partial charge in [0.25, 0.3) is 10.1 Å². The van der Waals surface area contributed by atoms with Gasteiger partial charge in [-0.2, -0.15) is 8.42 Å². The van der Waals surface area contributed by atoms with Crippen molar-refractivity contribution >= 4 is 10.1 Å². The monoisotopic (exact) mass is 171 g/mol. The van der Waals surface area contributed by atoms with Gasteiger partial charge in [-0.15, -0.1) is 0 Å². The molecular weight excluding hydrogens is 164 g/mol. The van der Waals surface area contributed by atoms with Gasteiger partial charge in [0.15, 0.2) is 0 Å². The lowest BCUT2D eigenvalue weighted by molar-refractivity contribution is 0.413. The standard InChI is InChI=1S/C7H7O3S/c8-11(9,10)6-7-4-2-1-3-5-7/h1-5H,6H2. The molecule has 0 aliphatic carbocycles. The highest BCUT2D eigenvalue weighted by atomic mass is 32.2. The van der Waals surface area contributed by atoms with Crippen LogP contribution in [0, 0.1) is 0 Å². The van der Waals surface area contributed by atoms with Crippen molar-refractivity contribution < 1.29 is 13.0 Å².